The summed E-state index contributed by atoms with van der Waals surface area (Å²) in [5, 5.41) is 1.67. The smallest absolute Gasteiger partial charge is 0.464 e. The molecule has 2 amide bonds. The van der Waals surface area contributed by atoms with E-state index in [0.717, 1.165) is 12.7 Å². The predicted octanol–water partition coefficient (Wildman–Crippen LogP) is 2.52. The van der Waals surface area contributed by atoms with Crippen LogP contribution in [-0.2, 0) is 19.1 Å². The van der Waals surface area contributed by atoms with Crippen LogP contribution in [0.4, 0.5) is 18.9 Å². The molecule has 1 unspecified atom stereocenters. The number of hydrogen-bond donors (Lipinski definition) is 1. The van der Waals surface area contributed by atoms with E-state index in [-0.39, 0.29) is 32.0 Å². The molecular weight excluding hydrogens is 403 g/mol. The van der Waals surface area contributed by atoms with Gasteiger partial charge >= 0.3 is 18.1 Å². The largest absolute Gasteiger partial charge is 0.471 e. The number of nitrogens with one attached hydrogen (secondary N) is 1. The summed E-state index contributed by atoms with van der Waals surface area (Å²) >= 11 is 0. The quantitative estimate of drug-likeness (QED) is 0.674. The Hall–Kier alpha value is -2.78. The van der Waals surface area contributed by atoms with Gasteiger partial charge < -0.3 is 9.64 Å². The Bertz CT molecular complexity index is 798. The summed E-state index contributed by atoms with van der Waals surface area (Å²) in [6.07, 6.45) is -4.99. The number of benzene rings is 1. The van der Waals surface area contributed by atoms with E-state index in [1.807, 2.05) is 30.3 Å². The highest BCUT2D eigenvalue weighted by Gasteiger charge is 2.45. The van der Waals surface area contributed by atoms with Crippen molar-refractivity contribution < 1.29 is 32.3 Å². The first-order valence-electron chi connectivity index (χ1n) is 9.39. The highest BCUT2D eigenvalue weighted by atomic mass is 19.4. The molecule has 1 saturated heterocycles. The Morgan fingerprint density at radius 3 is 2.40 bits per heavy atom. The van der Waals surface area contributed by atoms with Gasteiger partial charge in [0.1, 0.15) is 12.0 Å². The topological polar surface area (TPSA) is 79.0 Å². The van der Waals surface area contributed by atoms with Crippen molar-refractivity contribution in [2.45, 2.75) is 33.4 Å². The second-order valence-electron chi connectivity index (χ2n) is 8.36. The van der Waals surface area contributed by atoms with E-state index in [2.05, 4.69) is 5.43 Å². The molecule has 0 aliphatic carbocycles. The standard InChI is InChI=1S/C20H26F3N3O4/c1-18(2,10-11-25(4)16(28)20(21,22)23)17(29)30-13-19(3)12-26(24-15(19)27)14-8-6-5-7-9-14/h5-9H,10-13H2,1-4H3,(H,24,27). The van der Waals surface area contributed by atoms with Crippen LogP contribution >= 0.6 is 0 Å². The molecule has 1 aromatic carbocycles. The van der Waals surface area contributed by atoms with Gasteiger partial charge in [0.25, 0.3) is 0 Å². The van der Waals surface area contributed by atoms with Crippen LogP contribution in [0, 0.1) is 10.8 Å². The number of carbonyl (C=O) groups excluding carboxylic acids is 3. The molecule has 1 aliphatic heterocycles. The number of halogens is 3. The lowest BCUT2D eigenvalue weighted by Gasteiger charge is -2.28. The van der Waals surface area contributed by atoms with Gasteiger partial charge in [-0.15, -0.1) is 0 Å². The molecule has 10 heteroatoms. The van der Waals surface area contributed by atoms with E-state index < -0.39 is 28.9 Å². The van der Waals surface area contributed by atoms with Crippen molar-refractivity contribution in [3.63, 3.8) is 0 Å². The molecule has 1 heterocycles. The van der Waals surface area contributed by atoms with Crippen molar-refractivity contribution in [1.29, 1.82) is 0 Å². The number of carbonyl (C=O) groups is 3. The summed E-state index contributed by atoms with van der Waals surface area (Å²) in [4.78, 5) is 36.7. The third-order valence-corrected chi connectivity index (χ3v) is 5.10. The average Bonchev–Trinajstić information content (AvgIpc) is 2.98. The van der Waals surface area contributed by atoms with E-state index in [1.165, 1.54) is 13.8 Å². The fourth-order valence-electron chi connectivity index (χ4n) is 2.88. The molecule has 1 aliphatic rings. The molecule has 1 atom stereocenters. The second-order valence-corrected chi connectivity index (χ2v) is 8.36. The normalized spacial score (nSPS) is 19.4. The Morgan fingerprint density at radius 1 is 1.23 bits per heavy atom. The van der Waals surface area contributed by atoms with Crippen molar-refractivity contribution in [2.24, 2.45) is 10.8 Å². The van der Waals surface area contributed by atoms with Gasteiger partial charge in [-0.3, -0.25) is 24.8 Å². The fourth-order valence-corrected chi connectivity index (χ4v) is 2.88. The maximum atomic E-state index is 12.5. The van der Waals surface area contributed by atoms with Crippen molar-refractivity contribution in [2.75, 3.05) is 31.8 Å². The van der Waals surface area contributed by atoms with Crippen LogP contribution < -0.4 is 10.4 Å². The lowest BCUT2D eigenvalue weighted by Crippen LogP contribution is -2.42. The van der Waals surface area contributed by atoms with Gasteiger partial charge in [-0.2, -0.15) is 13.2 Å². The molecule has 1 aromatic rings. The third kappa shape index (κ3) is 5.43. The molecule has 0 spiro atoms. The third-order valence-electron chi connectivity index (χ3n) is 5.10. The molecule has 0 radical (unpaired) electrons. The van der Waals surface area contributed by atoms with Crippen LogP contribution in [0.1, 0.15) is 27.2 Å². The van der Waals surface area contributed by atoms with Crippen LogP contribution in [0.3, 0.4) is 0 Å². The van der Waals surface area contributed by atoms with Gasteiger partial charge in [-0.05, 0) is 39.3 Å². The van der Waals surface area contributed by atoms with Crippen LogP contribution in [0.25, 0.3) is 0 Å². The zero-order chi connectivity index (χ0) is 22.7. The predicted molar refractivity (Wildman–Crippen MR) is 103 cm³/mol. The summed E-state index contributed by atoms with van der Waals surface area (Å²) in [6, 6.07) is 9.18. The van der Waals surface area contributed by atoms with Gasteiger partial charge in [0.15, 0.2) is 0 Å². The molecule has 0 aromatic heterocycles. The van der Waals surface area contributed by atoms with Crippen LogP contribution in [0.15, 0.2) is 30.3 Å². The highest BCUT2D eigenvalue weighted by molar-refractivity contribution is 5.88. The maximum Gasteiger partial charge on any atom is 0.471 e. The summed E-state index contributed by atoms with van der Waals surface area (Å²) < 4.78 is 42.8. The molecule has 1 fully saturated rings. The molecule has 30 heavy (non-hydrogen) atoms. The van der Waals surface area contributed by atoms with E-state index in [9.17, 15) is 27.6 Å². The summed E-state index contributed by atoms with van der Waals surface area (Å²) in [6.45, 7) is 4.55. The Morgan fingerprint density at radius 2 is 1.83 bits per heavy atom. The van der Waals surface area contributed by atoms with Crippen molar-refractivity contribution >= 4 is 23.5 Å². The summed E-state index contributed by atoms with van der Waals surface area (Å²) in [5.41, 5.74) is 1.42. The molecule has 2 rings (SSSR count). The minimum atomic E-state index is -4.96. The number of ether oxygens (including phenoxy) is 1. The van der Waals surface area contributed by atoms with Gasteiger partial charge in [0.05, 0.1) is 17.6 Å². The number of hydrazine groups is 1. The number of para-hydroxylation sites is 1. The van der Waals surface area contributed by atoms with Gasteiger partial charge in [-0.25, -0.2) is 0 Å². The van der Waals surface area contributed by atoms with Crippen LogP contribution in [-0.4, -0.2) is 55.6 Å². The fraction of sp³-hybridized carbons (Fsp3) is 0.550. The lowest BCUT2D eigenvalue weighted by atomic mass is 9.88. The number of hydrogen-bond acceptors (Lipinski definition) is 5. The van der Waals surface area contributed by atoms with Crippen LogP contribution in [0.5, 0.6) is 0 Å². The zero-order valence-electron chi connectivity index (χ0n) is 17.4. The first kappa shape index (κ1) is 23.5. The first-order valence-corrected chi connectivity index (χ1v) is 9.39. The van der Waals surface area contributed by atoms with E-state index in [1.54, 1.807) is 11.9 Å². The second kappa shape index (κ2) is 8.53. The van der Waals surface area contributed by atoms with Gasteiger partial charge in [-0.1, -0.05) is 18.2 Å². The number of anilines is 1. The Labute approximate surface area is 173 Å². The maximum absolute atomic E-state index is 12.5. The van der Waals surface area contributed by atoms with E-state index >= 15 is 0 Å². The number of rotatable bonds is 7. The first-order chi connectivity index (χ1) is 13.8. The highest BCUT2D eigenvalue weighted by Crippen LogP contribution is 2.30. The molecule has 166 valence electrons. The molecule has 0 saturated carbocycles. The number of nitrogens with zero attached hydrogens (tertiary/aromatic N) is 2. The van der Waals surface area contributed by atoms with Gasteiger partial charge in [0, 0.05) is 13.6 Å². The van der Waals surface area contributed by atoms with E-state index in [4.69, 9.17) is 4.74 Å². The Balaban J connectivity index is 1.92. The van der Waals surface area contributed by atoms with Crippen LogP contribution in [0.2, 0.25) is 0 Å². The summed E-state index contributed by atoms with van der Waals surface area (Å²) in [7, 11) is 1.03. The Kier molecular flexibility index (Phi) is 6.68. The minimum Gasteiger partial charge on any atom is -0.464 e. The minimum absolute atomic E-state index is 0.0246. The van der Waals surface area contributed by atoms with Crippen molar-refractivity contribution in [3.8, 4) is 0 Å². The molecule has 7 nitrogen and oxygen atoms in total. The van der Waals surface area contributed by atoms with Crippen molar-refractivity contribution in [1.82, 2.24) is 10.3 Å². The monoisotopic (exact) mass is 429 g/mol. The molecule has 0 bridgehead atoms. The average molecular weight is 429 g/mol. The number of amides is 2. The number of alkyl halides is 3. The number of esters is 1. The zero-order valence-corrected chi connectivity index (χ0v) is 17.4. The SMILES string of the molecule is CN(CCC(C)(C)C(=O)OCC1(C)CN(c2ccccc2)NC1=O)C(=O)C(F)(F)F. The summed E-state index contributed by atoms with van der Waals surface area (Å²) in [5.74, 6) is -2.92. The lowest BCUT2D eigenvalue weighted by molar-refractivity contribution is -0.184. The molecule has 1 N–H and O–H groups in total. The van der Waals surface area contributed by atoms with E-state index in [0.29, 0.717) is 4.90 Å². The van der Waals surface area contributed by atoms with Gasteiger partial charge in [0.2, 0.25) is 5.91 Å². The van der Waals surface area contributed by atoms with Crippen molar-refractivity contribution in [3.05, 3.63) is 30.3 Å². The molecular formula is C20H26F3N3O4.